The number of piperidine rings is 1. The Labute approximate surface area is 220 Å². The number of likely N-dealkylation sites (tertiary alicyclic amines) is 1. The maximum Gasteiger partial charge on any atom is 0.256 e. The largest absolute Gasteiger partial charge is 0.356 e. The van der Waals surface area contributed by atoms with Crippen LogP contribution >= 0.6 is 11.6 Å². The van der Waals surface area contributed by atoms with Gasteiger partial charge in [-0.05, 0) is 57.2 Å². The monoisotopic (exact) mass is 530 g/mol. The van der Waals surface area contributed by atoms with Gasteiger partial charge in [-0.3, -0.25) is 4.79 Å². The number of halogens is 1. The molecule has 2 aliphatic heterocycles. The fourth-order valence-corrected chi connectivity index (χ4v) is 5.67. The summed E-state index contributed by atoms with van der Waals surface area (Å²) in [6.45, 7) is 8.77. The summed E-state index contributed by atoms with van der Waals surface area (Å²) in [4.78, 5) is 22.8. The minimum absolute atomic E-state index is 0.140. The summed E-state index contributed by atoms with van der Waals surface area (Å²) in [5.74, 6) is 0.884. The zero-order valence-corrected chi connectivity index (χ0v) is 23.0. The number of aryl methyl sites for hydroxylation is 1. The van der Waals surface area contributed by atoms with E-state index in [2.05, 4.69) is 16.5 Å². The van der Waals surface area contributed by atoms with Crippen LogP contribution in [-0.2, 0) is 11.0 Å². The Balaban J connectivity index is 0.00000148. The topological polar surface area (TPSA) is 82.8 Å². The van der Waals surface area contributed by atoms with Crippen LogP contribution in [0.1, 0.15) is 73.6 Å². The van der Waals surface area contributed by atoms with Crippen molar-refractivity contribution >= 4 is 45.6 Å². The molecule has 1 amide bonds. The van der Waals surface area contributed by atoms with Crippen molar-refractivity contribution < 1.29 is 9.00 Å². The molecule has 0 spiro atoms. The average Bonchev–Trinajstić information content (AvgIpc) is 3.55. The second-order valence-electron chi connectivity index (χ2n) is 9.07. The van der Waals surface area contributed by atoms with Gasteiger partial charge in [0, 0.05) is 48.7 Å². The number of aromatic nitrogens is 3. The number of amides is 1. The van der Waals surface area contributed by atoms with E-state index in [1.807, 2.05) is 35.5 Å². The molecular weight excluding hydrogens is 496 g/mol. The van der Waals surface area contributed by atoms with Gasteiger partial charge >= 0.3 is 0 Å². The fourth-order valence-electron chi connectivity index (χ4n) is 5.01. The highest BCUT2D eigenvalue weighted by atomic mass is 35.5. The number of fused-ring (bicyclic) bond motifs is 1. The summed E-state index contributed by atoms with van der Waals surface area (Å²) < 4.78 is 16.5. The Hall–Kier alpha value is -2.65. The van der Waals surface area contributed by atoms with Crippen molar-refractivity contribution in [3.05, 3.63) is 52.3 Å². The lowest BCUT2D eigenvalue weighted by atomic mass is 9.98. The first-order valence-electron chi connectivity index (χ1n) is 12.7. The van der Waals surface area contributed by atoms with Crippen molar-refractivity contribution in [2.45, 2.75) is 58.9 Å². The van der Waals surface area contributed by atoms with Crippen molar-refractivity contribution in [3.8, 4) is 0 Å². The maximum atomic E-state index is 13.7. The molecule has 0 radical (unpaired) electrons. The number of nitrogens with zero attached hydrogens (tertiary/aromatic N) is 5. The standard InChI is InChI=1S/C24H29ClN6O2S.C2H6/c1-16-15-31-22(26-23(16)29-10-5-6-11-29)14-20(27-31)21-7-3-4-12-30(21)24(32)18-13-17(25)8-9-19(18)28-34(2)33;1-2/h8-9,13-15,21,28H,3-7,10-12H2,1-2H3;1-2H3. The molecule has 0 bridgehead atoms. The number of carbonyl (C=O) groups is 1. The molecule has 0 aliphatic carbocycles. The van der Waals surface area contributed by atoms with E-state index in [0.717, 1.165) is 55.1 Å². The van der Waals surface area contributed by atoms with E-state index in [1.54, 1.807) is 18.2 Å². The zero-order chi connectivity index (χ0) is 25.8. The van der Waals surface area contributed by atoms with Crippen LogP contribution in [-0.4, -0.2) is 55.5 Å². The third-order valence-corrected chi connectivity index (χ3v) is 7.34. The molecule has 2 aromatic heterocycles. The summed E-state index contributed by atoms with van der Waals surface area (Å²) >= 11 is 6.22. The summed E-state index contributed by atoms with van der Waals surface area (Å²) in [6.07, 6.45) is 8.74. The van der Waals surface area contributed by atoms with Crippen LogP contribution in [0, 0.1) is 6.92 Å². The maximum absolute atomic E-state index is 13.7. The van der Waals surface area contributed by atoms with Gasteiger partial charge in [0.2, 0.25) is 0 Å². The van der Waals surface area contributed by atoms with Gasteiger partial charge in [-0.15, -0.1) is 0 Å². The Morgan fingerprint density at radius 3 is 2.56 bits per heavy atom. The highest BCUT2D eigenvalue weighted by Gasteiger charge is 2.32. The molecule has 2 unspecified atom stereocenters. The van der Waals surface area contributed by atoms with Crippen molar-refractivity contribution in [2.75, 3.05) is 35.5 Å². The van der Waals surface area contributed by atoms with E-state index in [4.69, 9.17) is 21.7 Å². The normalized spacial score (nSPS) is 18.6. The first-order valence-corrected chi connectivity index (χ1v) is 14.7. The van der Waals surface area contributed by atoms with Gasteiger partial charge in [0.15, 0.2) is 5.65 Å². The van der Waals surface area contributed by atoms with E-state index in [9.17, 15) is 9.00 Å². The lowest BCUT2D eigenvalue weighted by Gasteiger charge is -2.35. The highest BCUT2D eigenvalue weighted by molar-refractivity contribution is 7.85. The zero-order valence-electron chi connectivity index (χ0n) is 21.5. The van der Waals surface area contributed by atoms with E-state index >= 15 is 0 Å². The Morgan fingerprint density at radius 1 is 1.11 bits per heavy atom. The number of benzene rings is 1. The van der Waals surface area contributed by atoms with Gasteiger partial charge in [0.25, 0.3) is 5.91 Å². The van der Waals surface area contributed by atoms with Crippen LogP contribution in [0.25, 0.3) is 5.65 Å². The first-order chi connectivity index (χ1) is 17.4. The van der Waals surface area contributed by atoms with Gasteiger partial charge < -0.3 is 14.5 Å². The van der Waals surface area contributed by atoms with Crippen molar-refractivity contribution in [3.63, 3.8) is 0 Å². The number of rotatable bonds is 5. The van der Waals surface area contributed by atoms with Crippen LogP contribution in [0.2, 0.25) is 5.02 Å². The fraction of sp³-hybridized carbons (Fsp3) is 0.500. The summed E-state index contributed by atoms with van der Waals surface area (Å²) in [5.41, 5.74) is 3.68. The molecule has 3 aromatic rings. The number of carbonyl (C=O) groups excluding carboxylic acids is 1. The van der Waals surface area contributed by atoms with Gasteiger partial charge in [-0.1, -0.05) is 25.4 Å². The second kappa shape index (κ2) is 11.6. The predicted octanol–water partition coefficient (Wildman–Crippen LogP) is 5.39. The van der Waals surface area contributed by atoms with E-state index < -0.39 is 11.0 Å². The van der Waals surface area contributed by atoms with Gasteiger partial charge in [-0.2, -0.15) is 5.10 Å². The summed E-state index contributed by atoms with van der Waals surface area (Å²) in [6, 6.07) is 6.88. The molecule has 1 N–H and O–H groups in total. The Morgan fingerprint density at radius 2 is 1.83 bits per heavy atom. The Kier molecular flexibility index (Phi) is 8.51. The third-order valence-electron chi connectivity index (χ3n) is 6.60. The minimum atomic E-state index is -1.31. The molecule has 10 heteroatoms. The lowest BCUT2D eigenvalue weighted by Crippen LogP contribution is -2.39. The molecule has 8 nitrogen and oxygen atoms in total. The average molecular weight is 531 g/mol. The van der Waals surface area contributed by atoms with Crippen molar-refractivity contribution in [1.82, 2.24) is 19.5 Å². The second-order valence-corrected chi connectivity index (χ2v) is 10.6. The quantitative estimate of drug-likeness (QED) is 0.478. The number of nitrogens with one attached hydrogen (secondary N) is 1. The van der Waals surface area contributed by atoms with Crippen LogP contribution in [0.5, 0.6) is 0 Å². The smallest absolute Gasteiger partial charge is 0.256 e. The van der Waals surface area contributed by atoms with Gasteiger partial charge in [0.05, 0.1) is 23.0 Å². The van der Waals surface area contributed by atoms with Gasteiger partial charge in [0.1, 0.15) is 16.8 Å². The number of hydrogen-bond acceptors (Lipinski definition) is 5. The molecule has 0 saturated carbocycles. The molecule has 194 valence electrons. The van der Waals surface area contributed by atoms with Crippen LogP contribution < -0.4 is 9.62 Å². The minimum Gasteiger partial charge on any atom is -0.356 e. The van der Waals surface area contributed by atoms with Crippen molar-refractivity contribution in [1.29, 1.82) is 0 Å². The number of hydrogen-bond donors (Lipinski definition) is 1. The molecule has 5 rings (SSSR count). The van der Waals surface area contributed by atoms with E-state index in [-0.39, 0.29) is 11.9 Å². The van der Waals surface area contributed by atoms with Gasteiger partial charge in [-0.25, -0.2) is 13.7 Å². The lowest BCUT2D eigenvalue weighted by molar-refractivity contribution is 0.0607. The van der Waals surface area contributed by atoms with Crippen LogP contribution in [0.4, 0.5) is 11.5 Å². The van der Waals surface area contributed by atoms with Crippen LogP contribution in [0.3, 0.4) is 0 Å². The molecule has 2 aliphatic rings. The number of anilines is 2. The van der Waals surface area contributed by atoms with E-state index in [1.165, 1.54) is 19.1 Å². The molecule has 2 fully saturated rings. The first kappa shape index (κ1) is 26.4. The van der Waals surface area contributed by atoms with Crippen LogP contribution in [0.15, 0.2) is 30.5 Å². The van der Waals surface area contributed by atoms with Crippen molar-refractivity contribution in [2.24, 2.45) is 0 Å². The summed E-state index contributed by atoms with van der Waals surface area (Å²) in [5, 5.41) is 5.30. The molecule has 2 saturated heterocycles. The third kappa shape index (κ3) is 5.52. The molecule has 4 heterocycles. The summed E-state index contributed by atoms with van der Waals surface area (Å²) in [7, 11) is -1.31. The molecule has 1 aromatic carbocycles. The SMILES string of the molecule is CC.Cc1cn2nc(C3CCCCN3C(=O)c3cc(Cl)ccc3NS(C)=O)cc2nc1N1CCCC1. The molecular formula is C26H35ClN6O2S. The molecule has 2 atom stereocenters. The predicted molar refractivity (Wildman–Crippen MR) is 147 cm³/mol. The highest BCUT2D eigenvalue weighted by Crippen LogP contribution is 2.34. The Bertz CT molecular complexity index is 1260. The molecule has 36 heavy (non-hydrogen) atoms. The van der Waals surface area contributed by atoms with E-state index in [0.29, 0.717) is 22.8 Å².